The number of ketones is 1. The molecule has 0 bridgehead atoms. The highest BCUT2D eigenvalue weighted by Gasteiger charge is 2.29. The maximum Gasteiger partial charge on any atom is 0.149 e. The van der Waals surface area contributed by atoms with Crippen LogP contribution in [-0.4, -0.2) is 15.6 Å². The van der Waals surface area contributed by atoms with Crippen molar-refractivity contribution in [3.8, 4) is 6.07 Å². The number of nitriles is 1. The van der Waals surface area contributed by atoms with Crippen LogP contribution < -0.4 is 0 Å². The molecule has 4 nitrogen and oxygen atoms in total. The molecule has 0 spiro atoms. The third-order valence-corrected chi connectivity index (χ3v) is 2.70. The smallest absolute Gasteiger partial charge is 0.149 e. The van der Waals surface area contributed by atoms with Crippen molar-refractivity contribution >= 4 is 5.78 Å². The van der Waals surface area contributed by atoms with Gasteiger partial charge in [0.25, 0.3) is 0 Å². The van der Waals surface area contributed by atoms with Gasteiger partial charge in [-0.2, -0.15) is 10.4 Å². The first kappa shape index (κ1) is 11.4. The van der Waals surface area contributed by atoms with Crippen molar-refractivity contribution in [2.45, 2.75) is 26.7 Å². The molecule has 15 heavy (non-hydrogen) atoms. The average molecular weight is 205 g/mol. The molecule has 1 rings (SSSR count). The summed E-state index contributed by atoms with van der Waals surface area (Å²) in [5, 5.41) is 13.0. The Hall–Kier alpha value is -1.63. The Labute approximate surface area is 89.5 Å². The largest absolute Gasteiger partial charge is 0.298 e. The SMILES string of the molecule is CC(=O)C(C)(C#N)CCc1cnn(C)c1. The van der Waals surface area contributed by atoms with Gasteiger partial charge in [0.1, 0.15) is 11.2 Å². The number of carbonyl (C=O) groups excluding carboxylic acids is 1. The fraction of sp³-hybridized carbons (Fsp3) is 0.545. The molecule has 0 saturated carbocycles. The lowest BCUT2D eigenvalue weighted by Crippen LogP contribution is -2.24. The standard InChI is InChI=1S/C11H15N3O/c1-9(15)11(2,8-12)5-4-10-6-13-14(3)7-10/h6-7H,4-5H2,1-3H3. The van der Waals surface area contributed by atoms with Crippen LogP contribution >= 0.6 is 0 Å². The monoisotopic (exact) mass is 205 g/mol. The van der Waals surface area contributed by atoms with Gasteiger partial charge in [-0.1, -0.05) is 0 Å². The van der Waals surface area contributed by atoms with Gasteiger partial charge < -0.3 is 0 Å². The maximum absolute atomic E-state index is 11.3. The molecule has 1 heterocycles. The highest BCUT2D eigenvalue weighted by Crippen LogP contribution is 2.23. The van der Waals surface area contributed by atoms with Crippen molar-refractivity contribution < 1.29 is 4.79 Å². The van der Waals surface area contributed by atoms with E-state index >= 15 is 0 Å². The lowest BCUT2D eigenvalue weighted by atomic mass is 9.82. The molecule has 0 fully saturated rings. The fourth-order valence-corrected chi connectivity index (χ4v) is 1.31. The number of hydrogen-bond acceptors (Lipinski definition) is 3. The summed E-state index contributed by atoms with van der Waals surface area (Å²) in [4.78, 5) is 11.3. The minimum atomic E-state index is -0.865. The molecule has 1 unspecified atom stereocenters. The number of aromatic nitrogens is 2. The Balaban J connectivity index is 2.64. The predicted molar refractivity (Wildman–Crippen MR) is 55.9 cm³/mol. The number of carbonyl (C=O) groups is 1. The van der Waals surface area contributed by atoms with Crippen LogP contribution in [0.2, 0.25) is 0 Å². The van der Waals surface area contributed by atoms with Gasteiger partial charge in [0, 0.05) is 13.2 Å². The third-order valence-electron chi connectivity index (χ3n) is 2.70. The number of aryl methyl sites for hydroxylation is 2. The molecule has 1 aromatic rings. The highest BCUT2D eigenvalue weighted by molar-refractivity contribution is 5.84. The van der Waals surface area contributed by atoms with Crippen LogP contribution in [0.25, 0.3) is 0 Å². The molecule has 0 aliphatic rings. The Morgan fingerprint density at radius 2 is 2.40 bits per heavy atom. The second kappa shape index (κ2) is 4.26. The lowest BCUT2D eigenvalue weighted by Gasteiger charge is -2.16. The van der Waals surface area contributed by atoms with Gasteiger partial charge in [0.05, 0.1) is 12.3 Å². The van der Waals surface area contributed by atoms with Crippen molar-refractivity contribution in [1.82, 2.24) is 9.78 Å². The van der Waals surface area contributed by atoms with Crippen molar-refractivity contribution in [3.63, 3.8) is 0 Å². The van der Waals surface area contributed by atoms with Crippen LogP contribution in [0.4, 0.5) is 0 Å². The second-order valence-corrected chi connectivity index (χ2v) is 4.02. The van der Waals surface area contributed by atoms with Gasteiger partial charge in [-0.3, -0.25) is 9.48 Å². The van der Waals surface area contributed by atoms with Crippen molar-refractivity contribution in [2.75, 3.05) is 0 Å². The van der Waals surface area contributed by atoms with Crippen molar-refractivity contribution in [3.05, 3.63) is 18.0 Å². The van der Waals surface area contributed by atoms with Crippen LogP contribution in [0.1, 0.15) is 25.8 Å². The van der Waals surface area contributed by atoms with Gasteiger partial charge in [-0.15, -0.1) is 0 Å². The Morgan fingerprint density at radius 1 is 1.73 bits per heavy atom. The number of nitrogens with zero attached hydrogens (tertiary/aromatic N) is 3. The first-order chi connectivity index (χ1) is 6.98. The summed E-state index contributed by atoms with van der Waals surface area (Å²) in [6.07, 6.45) is 4.91. The molecule has 0 N–H and O–H groups in total. The molecule has 0 radical (unpaired) electrons. The first-order valence-electron chi connectivity index (χ1n) is 4.88. The molecule has 4 heteroatoms. The summed E-state index contributed by atoms with van der Waals surface area (Å²) in [6.45, 7) is 3.15. The van der Waals surface area contributed by atoms with Crippen LogP contribution in [0.15, 0.2) is 12.4 Å². The number of hydrogen-bond donors (Lipinski definition) is 0. The fourth-order valence-electron chi connectivity index (χ4n) is 1.31. The zero-order valence-corrected chi connectivity index (χ0v) is 9.32. The van der Waals surface area contributed by atoms with E-state index in [0.717, 1.165) is 5.56 Å². The highest BCUT2D eigenvalue weighted by atomic mass is 16.1. The van der Waals surface area contributed by atoms with E-state index in [0.29, 0.717) is 12.8 Å². The summed E-state index contributed by atoms with van der Waals surface area (Å²) < 4.78 is 1.72. The van der Waals surface area contributed by atoms with Gasteiger partial charge in [0.15, 0.2) is 0 Å². The summed E-state index contributed by atoms with van der Waals surface area (Å²) >= 11 is 0. The summed E-state index contributed by atoms with van der Waals surface area (Å²) in [6, 6.07) is 2.08. The second-order valence-electron chi connectivity index (χ2n) is 4.02. The molecule has 1 aromatic heterocycles. The number of Topliss-reactive ketones (excluding diaryl/α,β-unsaturated/α-hetero) is 1. The maximum atomic E-state index is 11.3. The minimum absolute atomic E-state index is 0.0751. The Morgan fingerprint density at radius 3 is 2.80 bits per heavy atom. The van der Waals surface area contributed by atoms with Crippen LogP contribution in [0, 0.1) is 16.7 Å². The Bertz CT molecular complexity index is 402. The predicted octanol–water partition coefficient (Wildman–Crippen LogP) is 1.47. The molecule has 80 valence electrons. The molecule has 0 amide bonds. The summed E-state index contributed by atoms with van der Waals surface area (Å²) in [5.74, 6) is -0.0751. The third kappa shape index (κ3) is 2.66. The molecule has 0 aliphatic carbocycles. The molecular formula is C11H15N3O. The lowest BCUT2D eigenvalue weighted by molar-refractivity contribution is -0.123. The van der Waals surface area contributed by atoms with E-state index < -0.39 is 5.41 Å². The summed E-state index contributed by atoms with van der Waals surface area (Å²) in [7, 11) is 1.85. The van der Waals surface area contributed by atoms with Crippen LogP contribution in [0.3, 0.4) is 0 Å². The zero-order valence-electron chi connectivity index (χ0n) is 9.32. The molecule has 0 aromatic carbocycles. The topological polar surface area (TPSA) is 58.7 Å². The molecule has 1 atom stereocenters. The van der Waals surface area contributed by atoms with Crippen molar-refractivity contribution in [1.29, 1.82) is 5.26 Å². The van der Waals surface area contributed by atoms with Crippen LogP contribution in [-0.2, 0) is 18.3 Å². The average Bonchev–Trinajstić information content (AvgIpc) is 2.60. The van der Waals surface area contributed by atoms with E-state index in [1.54, 1.807) is 17.8 Å². The van der Waals surface area contributed by atoms with E-state index in [1.807, 2.05) is 13.2 Å². The van der Waals surface area contributed by atoms with Gasteiger partial charge in [-0.05, 0) is 32.3 Å². The van der Waals surface area contributed by atoms with Gasteiger partial charge >= 0.3 is 0 Å². The summed E-state index contributed by atoms with van der Waals surface area (Å²) in [5.41, 5.74) is 0.191. The molecule has 0 saturated heterocycles. The van der Waals surface area contributed by atoms with E-state index in [2.05, 4.69) is 11.2 Å². The molecular weight excluding hydrogens is 190 g/mol. The Kier molecular flexibility index (Phi) is 3.25. The van der Waals surface area contributed by atoms with Crippen molar-refractivity contribution in [2.24, 2.45) is 12.5 Å². The van der Waals surface area contributed by atoms with E-state index in [9.17, 15) is 4.79 Å². The van der Waals surface area contributed by atoms with E-state index in [4.69, 9.17) is 5.26 Å². The molecule has 0 aliphatic heterocycles. The van der Waals surface area contributed by atoms with Gasteiger partial charge in [0.2, 0.25) is 0 Å². The van der Waals surface area contributed by atoms with Crippen LogP contribution in [0.5, 0.6) is 0 Å². The number of rotatable bonds is 4. The zero-order chi connectivity index (χ0) is 11.5. The normalized spacial score (nSPS) is 14.3. The van der Waals surface area contributed by atoms with E-state index in [1.165, 1.54) is 6.92 Å². The van der Waals surface area contributed by atoms with Gasteiger partial charge in [-0.25, -0.2) is 0 Å². The minimum Gasteiger partial charge on any atom is -0.298 e. The van der Waals surface area contributed by atoms with E-state index in [-0.39, 0.29) is 5.78 Å². The quantitative estimate of drug-likeness (QED) is 0.747. The first-order valence-corrected chi connectivity index (χ1v) is 4.88.